The van der Waals surface area contributed by atoms with Crippen LogP contribution in [0.4, 0.5) is 4.39 Å². The Bertz CT molecular complexity index is 389. The fourth-order valence-electron chi connectivity index (χ4n) is 0.977. The molecule has 0 aliphatic rings. The van der Waals surface area contributed by atoms with Gasteiger partial charge in [-0.15, -0.1) is 0 Å². The van der Waals surface area contributed by atoms with Crippen LogP contribution in [0.1, 0.15) is 5.56 Å². The second-order valence-electron chi connectivity index (χ2n) is 2.58. The molecule has 0 N–H and O–H groups in total. The van der Waals surface area contributed by atoms with E-state index >= 15 is 0 Å². The van der Waals surface area contributed by atoms with Gasteiger partial charge < -0.3 is 0 Å². The van der Waals surface area contributed by atoms with Crippen molar-refractivity contribution < 1.29 is 9.18 Å². The molecule has 0 aromatic heterocycles. The molecular weight excluding hydrogens is 228 g/mol. The monoisotopic (exact) mass is 233 g/mol. The molecule has 0 spiro atoms. The summed E-state index contributed by atoms with van der Waals surface area (Å²) in [6.45, 7) is 0.240. The van der Waals surface area contributed by atoms with Crippen LogP contribution in [-0.2, 0) is 11.2 Å². The molecule has 0 unspecified atom stereocenters. The van der Waals surface area contributed by atoms with Crippen LogP contribution >= 0.6 is 23.2 Å². The summed E-state index contributed by atoms with van der Waals surface area (Å²) in [4.78, 5) is 13.1. The molecule has 0 aliphatic heterocycles. The second kappa shape index (κ2) is 5.11. The van der Waals surface area contributed by atoms with E-state index in [0.717, 1.165) is 0 Å². The molecule has 0 atom stereocenters. The lowest BCUT2D eigenvalue weighted by molar-refractivity contribution is 0.563. The number of hydrogen-bond donors (Lipinski definition) is 0. The SMILES string of the molecule is O=C=NCCc1cc(F)c(Cl)cc1Cl. The number of benzene rings is 1. The predicted molar refractivity (Wildman–Crippen MR) is 53.1 cm³/mol. The minimum absolute atomic E-state index is 0.0161. The highest BCUT2D eigenvalue weighted by molar-refractivity contribution is 6.35. The fraction of sp³-hybridized carbons (Fsp3) is 0.222. The Morgan fingerprint density at radius 3 is 2.71 bits per heavy atom. The van der Waals surface area contributed by atoms with Crippen LogP contribution in [0.5, 0.6) is 0 Å². The zero-order valence-electron chi connectivity index (χ0n) is 7.06. The van der Waals surface area contributed by atoms with Gasteiger partial charge in [-0.1, -0.05) is 23.2 Å². The number of aliphatic imine (C=N–C) groups is 1. The van der Waals surface area contributed by atoms with Crippen molar-refractivity contribution >= 4 is 29.3 Å². The van der Waals surface area contributed by atoms with E-state index in [9.17, 15) is 9.18 Å². The largest absolute Gasteiger partial charge is 0.234 e. The molecule has 1 rings (SSSR count). The van der Waals surface area contributed by atoms with Crippen LogP contribution in [0.3, 0.4) is 0 Å². The molecule has 0 fully saturated rings. The van der Waals surface area contributed by atoms with E-state index in [4.69, 9.17) is 23.2 Å². The van der Waals surface area contributed by atoms with E-state index in [1.54, 1.807) is 0 Å². The van der Waals surface area contributed by atoms with E-state index in [0.29, 0.717) is 17.0 Å². The normalized spacial score (nSPS) is 9.64. The zero-order chi connectivity index (χ0) is 10.6. The average Bonchev–Trinajstić information content (AvgIpc) is 2.14. The molecule has 74 valence electrons. The Morgan fingerprint density at radius 2 is 2.07 bits per heavy atom. The first-order chi connectivity index (χ1) is 6.65. The highest BCUT2D eigenvalue weighted by Crippen LogP contribution is 2.24. The van der Waals surface area contributed by atoms with Gasteiger partial charge in [0.05, 0.1) is 11.6 Å². The third-order valence-electron chi connectivity index (χ3n) is 1.65. The van der Waals surface area contributed by atoms with E-state index in [-0.39, 0.29) is 11.6 Å². The predicted octanol–water partition coefficient (Wildman–Crippen LogP) is 3.01. The van der Waals surface area contributed by atoms with Gasteiger partial charge in [-0.05, 0) is 24.1 Å². The highest BCUT2D eigenvalue weighted by atomic mass is 35.5. The van der Waals surface area contributed by atoms with Crippen LogP contribution < -0.4 is 0 Å². The first kappa shape index (κ1) is 11.2. The summed E-state index contributed by atoms with van der Waals surface area (Å²) < 4.78 is 13.0. The van der Waals surface area contributed by atoms with Crippen molar-refractivity contribution in [1.82, 2.24) is 0 Å². The summed E-state index contributed by atoms with van der Waals surface area (Å²) in [5.74, 6) is -0.527. The summed E-state index contributed by atoms with van der Waals surface area (Å²) in [6, 6.07) is 2.57. The van der Waals surface area contributed by atoms with Gasteiger partial charge in [-0.3, -0.25) is 0 Å². The lowest BCUT2D eigenvalue weighted by Gasteiger charge is -2.03. The van der Waals surface area contributed by atoms with Gasteiger partial charge >= 0.3 is 0 Å². The number of nitrogens with zero attached hydrogens (tertiary/aromatic N) is 1. The summed E-state index contributed by atoms with van der Waals surface area (Å²) in [7, 11) is 0. The van der Waals surface area contributed by atoms with Crippen LogP contribution in [0.25, 0.3) is 0 Å². The molecule has 0 heterocycles. The Morgan fingerprint density at radius 1 is 1.36 bits per heavy atom. The first-order valence-electron chi connectivity index (χ1n) is 3.82. The molecular formula is C9H6Cl2FNO. The Balaban J connectivity index is 2.86. The maximum atomic E-state index is 13.0. The number of halogens is 3. The number of hydrogen-bond acceptors (Lipinski definition) is 2. The topological polar surface area (TPSA) is 29.4 Å². The average molecular weight is 234 g/mol. The fourth-order valence-corrected chi connectivity index (χ4v) is 1.46. The third kappa shape index (κ3) is 2.81. The van der Waals surface area contributed by atoms with Crippen molar-refractivity contribution in [2.45, 2.75) is 6.42 Å². The van der Waals surface area contributed by atoms with Crippen molar-refractivity contribution in [2.75, 3.05) is 6.54 Å². The summed E-state index contributed by atoms with van der Waals surface area (Å²) in [5.41, 5.74) is 0.576. The van der Waals surface area contributed by atoms with Gasteiger partial charge in [0, 0.05) is 5.02 Å². The van der Waals surface area contributed by atoms with Crippen molar-refractivity contribution in [3.8, 4) is 0 Å². The lowest BCUT2D eigenvalue weighted by atomic mass is 10.1. The molecule has 0 aliphatic carbocycles. The molecule has 14 heavy (non-hydrogen) atoms. The van der Waals surface area contributed by atoms with Crippen molar-refractivity contribution in [3.05, 3.63) is 33.6 Å². The van der Waals surface area contributed by atoms with E-state index < -0.39 is 5.82 Å². The standard InChI is InChI=1S/C9H6Cl2FNO/c10-7-4-8(11)9(12)3-6(7)1-2-13-5-14/h3-4H,1-2H2. The van der Waals surface area contributed by atoms with Crippen LogP contribution in [0, 0.1) is 5.82 Å². The zero-order valence-corrected chi connectivity index (χ0v) is 8.57. The molecule has 1 aromatic rings. The van der Waals surface area contributed by atoms with Crippen molar-refractivity contribution in [1.29, 1.82) is 0 Å². The lowest BCUT2D eigenvalue weighted by Crippen LogP contribution is -1.92. The van der Waals surface area contributed by atoms with E-state index in [1.807, 2.05) is 0 Å². The number of carbonyl (C=O) groups excluding carboxylic acids is 1. The quantitative estimate of drug-likeness (QED) is 0.449. The minimum atomic E-state index is -0.527. The molecule has 5 heteroatoms. The summed E-state index contributed by atoms with van der Waals surface area (Å²) in [5, 5.41) is 0.357. The van der Waals surface area contributed by atoms with Crippen LogP contribution in [-0.4, -0.2) is 12.6 Å². The molecule has 0 amide bonds. The Labute approximate surface area is 90.4 Å². The van der Waals surface area contributed by atoms with E-state index in [2.05, 4.69) is 4.99 Å². The number of isocyanates is 1. The number of rotatable bonds is 3. The Hall–Kier alpha value is -0.890. The summed E-state index contributed by atoms with van der Waals surface area (Å²) in [6.07, 6.45) is 1.79. The molecule has 2 nitrogen and oxygen atoms in total. The van der Waals surface area contributed by atoms with Gasteiger partial charge in [0.15, 0.2) is 0 Å². The highest BCUT2D eigenvalue weighted by Gasteiger charge is 2.06. The molecule has 0 radical (unpaired) electrons. The molecule has 1 aromatic carbocycles. The molecule has 0 bridgehead atoms. The van der Waals surface area contributed by atoms with Crippen molar-refractivity contribution in [3.63, 3.8) is 0 Å². The van der Waals surface area contributed by atoms with Gasteiger partial charge in [-0.25, -0.2) is 14.2 Å². The minimum Gasteiger partial charge on any atom is -0.211 e. The molecule has 0 saturated carbocycles. The Kier molecular flexibility index (Phi) is 4.08. The van der Waals surface area contributed by atoms with Crippen LogP contribution in [0.2, 0.25) is 10.0 Å². The smallest absolute Gasteiger partial charge is 0.211 e. The third-order valence-corrected chi connectivity index (χ3v) is 2.29. The van der Waals surface area contributed by atoms with Crippen molar-refractivity contribution in [2.24, 2.45) is 4.99 Å². The van der Waals surface area contributed by atoms with Gasteiger partial charge in [0.25, 0.3) is 0 Å². The van der Waals surface area contributed by atoms with Gasteiger partial charge in [-0.2, -0.15) is 0 Å². The molecule has 0 saturated heterocycles. The first-order valence-corrected chi connectivity index (χ1v) is 4.58. The van der Waals surface area contributed by atoms with Gasteiger partial charge in [0.1, 0.15) is 5.82 Å². The maximum Gasteiger partial charge on any atom is 0.234 e. The maximum absolute atomic E-state index is 13.0. The van der Waals surface area contributed by atoms with Gasteiger partial charge in [0.2, 0.25) is 6.08 Å². The van der Waals surface area contributed by atoms with E-state index in [1.165, 1.54) is 18.2 Å². The van der Waals surface area contributed by atoms with Crippen LogP contribution in [0.15, 0.2) is 17.1 Å². The summed E-state index contributed by atoms with van der Waals surface area (Å²) >= 11 is 11.3. The second-order valence-corrected chi connectivity index (χ2v) is 3.40.